The van der Waals surface area contributed by atoms with Gasteiger partial charge in [-0.25, -0.2) is 0 Å². The molecule has 0 aromatic heterocycles. The summed E-state index contributed by atoms with van der Waals surface area (Å²) in [6.07, 6.45) is 2.79. The SMILES string of the molecule is CO[Si]1(C)CCCCS1. The maximum absolute atomic E-state index is 5.48. The Hall–Kier alpha value is 0.527. The summed E-state index contributed by atoms with van der Waals surface area (Å²) in [5, 5.41) is 0. The van der Waals surface area contributed by atoms with Crippen LogP contribution in [0.25, 0.3) is 0 Å². The van der Waals surface area contributed by atoms with Gasteiger partial charge in [-0.1, -0.05) is 6.42 Å². The maximum Gasteiger partial charge on any atom is 0.250 e. The Kier molecular flexibility index (Phi) is 2.61. The summed E-state index contributed by atoms with van der Waals surface area (Å²) in [5.74, 6) is 1.33. The third-order valence-corrected chi connectivity index (χ3v) is 8.65. The van der Waals surface area contributed by atoms with E-state index < -0.39 is 7.47 Å². The molecule has 1 saturated heterocycles. The molecule has 0 aromatic rings. The van der Waals surface area contributed by atoms with Crippen LogP contribution in [-0.2, 0) is 4.43 Å². The molecule has 1 heterocycles. The minimum absolute atomic E-state index is 1.19. The zero-order valence-electron chi connectivity index (χ0n) is 6.14. The van der Waals surface area contributed by atoms with E-state index in [1.165, 1.54) is 24.6 Å². The molecule has 0 bridgehead atoms. The summed E-state index contributed by atoms with van der Waals surface area (Å²) >= 11 is 2.08. The van der Waals surface area contributed by atoms with Gasteiger partial charge in [0.15, 0.2) is 0 Å². The molecule has 0 N–H and O–H groups in total. The topological polar surface area (TPSA) is 9.23 Å². The van der Waals surface area contributed by atoms with Crippen LogP contribution in [-0.4, -0.2) is 20.3 Å². The van der Waals surface area contributed by atoms with E-state index in [4.69, 9.17) is 4.43 Å². The lowest BCUT2D eigenvalue weighted by molar-refractivity contribution is 0.414. The van der Waals surface area contributed by atoms with Crippen molar-refractivity contribution in [3.05, 3.63) is 0 Å². The molecule has 0 spiro atoms. The molecule has 1 unspecified atom stereocenters. The molecule has 0 radical (unpaired) electrons. The molecule has 9 heavy (non-hydrogen) atoms. The maximum atomic E-state index is 5.48. The normalized spacial score (nSPS) is 36.7. The quantitative estimate of drug-likeness (QED) is 0.547. The molecule has 54 valence electrons. The van der Waals surface area contributed by atoms with Crippen LogP contribution in [0, 0.1) is 0 Å². The number of hydrogen-bond donors (Lipinski definition) is 0. The molecular weight excluding hydrogens is 148 g/mol. The van der Waals surface area contributed by atoms with Crippen LogP contribution in [0.2, 0.25) is 12.6 Å². The first-order valence-corrected chi connectivity index (χ1v) is 7.78. The Balaban J connectivity index is 2.37. The van der Waals surface area contributed by atoms with Crippen LogP contribution in [0.15, 0.2) is 0 Å². The van der Waals surface area contributed by atoms with E-state index in [1.54, 1.807) is 0 Å². The van der Waals surface area contributed by atoms with Crippen LogP contribution in [0.1, 0.15) is 12.8 Å². The average molecular weight is 162 g/mol. The van der Waals surface area contributed by atoms with E-state index in [0.717, 1.165) is 0 Å². The van der Waals surface area contributed by atoms with Gasteiger partial charge in [-0.3, -0.25) is 0 Å². The molecule has 1 rings (SSSR count). The molecule has 1 aliphatic heterocycles. The van der Waals surface area contributed by atoms with Gasteiger partial charge in [0, 0.05) is 7.11 Å². The lowest BCUT2D eigenvalue weighted by atomic mass is 10.4. The Morgan fingerprint density at radius 3 is 2.56 bits per heavy atom. The fraction of sp³-hybridized carbons (Fsp3) is 1.00. The second-order valence-corrected chi connectivity index (χ2v) is 9.97. The van der Waals surface area contributed by atoms with Gasteiger partial charge in [-0.05, 0) is 24.8 Å². The average Bonchev–Trinajstić information content (AvgIpc) is 1.90. The molecule has 1 nitrogen and oxygen atoms in total. The molecular formula is C6H14OSSi. The molecule has 1 fully saturated rings. The molecule has 0 aliphatic carbocycles. The van der Waals surface area contributed by atoms with Crippen molar-refractivity contribution >= 4 is 18.7 Å². The molecule has 0 amide bonds. The lowest BCUT2D eigenvalue weighted by Gasteiger charge is -2.28. The largest absolute Gasteiger partial charge is 0.410 e. The second-order valence-electron chi connectivity index (χ2n) is 2.64. The highest BCUT2D eigenvalue weighted by atomic mass is 32.4. The van der Waals surface area contributed by atoms with Gasteiger partial charge in [-0.2, -0.15) is 11.2 Å². The molecule has 1 atom stereocenters. The number of rotatable bonds is 1. The van der Waals surface area contributed by atoms with Gasteiger partial charge in [0.1, 0.15) is 0 Å². The molecule has 0 saturated carbocycles. The van der Waals surface area contributed by atoms with E-state index in [1.807, 2.05) is 7.11 Å². The van der Waals surface area contributed by atoms with Crippen molar-refractivity contribution in [2.24, 2.45) is 0 Å². The van der Waals surface area contributed by atoms with Gasteiger partial charge in [-0.15, -0.1) is 0 Å². The van der Waals surface area contributed by atoms with Crippen LogP contribution in [0.3, 0.4) is 0 Å². The van der Waals surface area contributed by atoms with E-state index >= 15 is 0 Å². The third-order valence-electron chi connectivity index (χ3n) is 1.86. The highest BCUT2D eigenvalue weighted by molar-refractivity contribution is 8.28. The lowest BCUT2D eigenvalue weighted by Crippen LogP contribution is -2.31. The standard InChI is InChI=1S/C6H14OSSi/c1-7-9(2)6-4-3-5-8-9/h3-6H2,1-2H3. The van der Waals surface area contributed by atoms with Crippen LogP contribution >= 0.6 is 11.2 Å². The summed E-state index contributed by atoms with van der Waals surface area (Å²) in [4.78, 5) is 0. The monoisotopic (exact) mass is 162 g/mol. The summed E-state index contributed by atoms with van der Waals surface area (Å²) < 4.78 is 5.48. The van der Waals surface area contributed by atoms with Gasteiger partial charge in [0.05, 0.1) is 0 Å². The van der Waals surface area contributed by atoms with Crippen LogP contribution < -0.4 is 0 Å². The van der Waals surface area contributed by atoms with E-state index in [-0.39, 0.29) is 0 Å². The van der Waals surface area contributed by atoms with Crippen molar-refractivity contribution in [1.29, 1.82) is 0 Å². The van der Waals surface area contributed by atoms with Crippen LogP contribution in [0.4, 0.5) is 0 Å². The van der Waals surface area contributed by atoms with E-state index in [2.05, 4.69) is 17.8 Å². The predicted octanol–water partition coefficient (Wildman–Crippen LogP) is 2.23. The summed E-state index contributed by atoms with van der Waals surface area (Å²) in [6, 6.07) is 1.36. The zero-order chi connectivity index (χ0) is 6.74. The van der Waals surface area contributed by atoms with Gasteiger partial charge >= 0.3 is 0 Å². The predicted molar refractivity (Wildman–Crippen MR) is 45.1 cm³/mol. The first-order valence-electron chi connectivity index (χ1n) is 3.46. The van der Waals surface area contributed by atoms with E-state index in [9.17, 15) is 0 Å². The first-order chi connectivity index (χ1) is 4.27. The summed E-state index contributed by atoms with van der Waals surface area (Å²) in [5.41, 5.74) is 0. The molecule has 0 aromatic carbocycles. The highest BCUT2D eigenvalue weighted by Crippen LogP contribution is 2.32. The summed E-state index contributed by atoms with van der Waals surface area (Å²) in [7, 11) is 0.672. The minimum Gasteiger partial charge on any atom is -0.410 e. The number of hydrogen-bond acceptors (Lipinski definition) is 2. The Labute approximate surface area is 61.9 Å². The van der Waals surface area contributed by atoms with Crippen molar-refractivity contribution in [1.82, 2.24) is 0 Å². The first kappa shape index (κ1) is 7.63. The van der Waals surface area contributed by atoms with Crippen molar-refractivity contribution in [3.8, 4) is 0 Å². The highest BCUT2D eigenvalue weighted by Gasteiger charge is 2.30. The van der Waals surface area contributed by atoms with Crippen molar-refractivity contribution in [3.63, 3.8) is 0 Å². The third kappa shape index (κ3) is 1.99. The van der Waals surface area contributed by atoms with E-state index in [0.29, 0.717) is 0 Å². The fourth-order valence-electron chi connectivity index (χ4n) is 1.07. The molecule has 1 aliphatic rings. The zero-order valence-corrected chi connectivity index (χ0v) is 7.96. The molecule has 3 heteroatoms. The minimum atomic E-state index is -1.19. The van der Waals surface area contributed by atoms with Gasteiger partial charge in [0.2, 0.25) is 0 Å². The Morgan fingerprint density at radius 1 is 1.44 bits per heavy atom. The van der Waals surface area contributed by atoms with Crippen molar-refractivity contribution in [2.75, 3.05) is 12.9 Å². The smallest absolute Gasteiger partial charge is 0.250 e. The van der Waals surface area contributed by atoms with Crippen LogP contribution in [0.5, 0.6) is 0 Å². The fourth-order valence-corrected chi connectivity index (χ4v) is 6.16. The van der Waals surface area contributed by atoms with Crippen molar-refractivity contribution in [2.45, 2.75) is 25.4 Å². The second kappa shape index (κ2) is 3.08. The van der Waals surface area contributed by atoms with Gasteiger partial charge < -0.3 is 4.43 Å². The van der Waals surface area contributed by atoms with Gasteiger partial charge in [0.25, 0.3) is 7.47 Å². The van der Waals surface area contributed by atoms with Crippen molar-refractivity contribution < 1.29 is 4.43 Å². The Morgan fingerprint density at radius 2 is 2.22 bits per heavy atom. The Bertz CT molecular complexity index is 91.1. The summed E-state index contributed by atoms with van der Waals surface area (Å²) in [6.45, 7) is 2.32.